The van der Waals surface area contributed by atoms with Crippen molar-refractivity contribution in [1.29, 1.82) is 0 Å². The number of fused-ring (bicyclic) bond motifs is 1. The van der Waals surface area contributed by atoms with Crippen molar-refractivity contribution in [3.63, 3.8) is 0 Å². The largest absolute Gasteiger partial charge is 0.309 e. The van der Waals surface area contributed by atoms with Crippen LogP contribution in [0.25, 0.3) is 11.0 Å². The minimum atomic E-state index is -2.62. The number of carbonyl (C=O) groups is 1. The molecule has 0 spiro atoms. The number of hydrogen-bond acceptors (Lipinski definition) is 6. The van der Waals surface area contributed by atoms with Crippen LogP contribution in [0.5, 0.6) is 0 Å². The molecule has 10 heteroatoms. The summed E-state index contributed by atoms with van der Waals surface area (Å²) in [5.74, 6) is -2.54. The van der Waals surface area contributed by atoms with Crippen LogP contribution in [0.2, 0.25) is 0 Å². The van der Waals surface area contributed by atoms with E-state index in [1.807, 2.05) is 0 Å². The molecule has 138 valence electrons. The molecule has 0 saturated carbocycles. The predicted octanol–water partition coefficient (Wildman–Crippen LogP) is 4.04. The Bertz CT molecular complexity index is 909. The predicted molar refractivity (Wildman–Crippen MR) is 98.7 cm³/mol. The van der Waals surface area contributed by atoms with Gasteiger partial charge in [-0.1, -0.05) is 37.3 Å². The second kappa shape index (κ2) is 8.09. The number of nitrogens with one attached hydrogen (secondary N) is 1. The van der Waals surface area contributed by atoms with Crippen molar-refractivity contribution in [3.05, 3.63) is 29.3 Å². The highest BCUT2D eigenvalue weighted by Crippen LogP contribution is 2.28. The minimum absolute atomic E-state index is 0.106. The van der Waals surface area contributed by atoms with Crippen LogP contribution in [0.15, 0.2) is 29.4 Å². The molecule has 2 aromatic heterocycles. The maximum Gasteiger partial charge on any atom is 0.291 e. The first kappa shape index (κ1) is 18.7. The third kappa shape index (κ3) is 4.55. The van der Waals surface area contributed by atoms with E-state index in [0.29, 0.717) is 33.8 Å². The van der Waals surface area contributed by atoms with Gasteiger partial charge in [-0.05, 0) is 29.8 Å². The number of imidazole rings is 1. The van der Waals surface area contributed by atoms with E-state index in [-0.39, 0.29) is 17.6 Å². The van der Waals surface area contributed by atoms with E-state index in [1.165, 1.54) is 15.9 Å². The SMILES string of the molecule is CC(C)Cc1nnc(NC(=O)Cn2c(SC(F)F)nc3ccccc32)s1. The third-order valence-electron chi connectivity index (χ3n) is 3.41. The Kier molecular flexibility index (Phi) is 5.82. The summed E-state index contributed by atoms with van der Waals surface area (Å²) in [4.78, 5) is 16.6. The smallest absolute Gasteiger partial charge is 0.291 e. The Morgan fingerprint density at radius 1 is 1.31 bits per heavy atom. The average molecular weight is 397 g/mol. The van der Waals surface area contributed by atoms with Crippen molar-refractivity contribution in [3.8, 4) is 0 Å². The molecule has 0 aliphatic rings. The summed E-state index contributed by atoms with van der Waals surface area (Å²) in [6, 6.07) is 7.02. The van der Waals surface area contributed by atoms with Crippen LogP contribution in [-0.4, -0.2) is 31.4 Å². The van der Waals surface area contributed by atoms with Gasteiger partial charge in [-0.2, -0.15) is 8.78 Å². The Morgan fingerprint density at radius 3 is 2.81 bits per heavy atom. The number of para-hydroxylation sites is 2. The average Bonchev–Trinajstić information content (AvgIpc) is 3.11. The van der Waals surface area contributed by atoms with Gasteiger partial charge < -0.3 is 4.57 Å². The Hall–Kier alpha value is -2.07. The van der Waals surface area contributed by atoms with Gasteiger partial charge in [0.2, 0.25) is 11.0 Å². The molecule has 0 fully saturated rings. The molecule has 0 radical (unpaired) electrons. The first-order valence-electron chi connectivity index (χ1n) is 7.94. The molecule has 3 aromatic rings. The van der Waals surface area contributed by atoms with E-state index in [1.54, 1.807) is 24.3 Å². The van der Waals surface area contributed by atoms with Gasteiger partial charge in [0.15, 0.2) is 5.16 Å². The molecule has 0 atom stereocenters. The van der Waals surface area contributed by atoms with Gasteiger partial charge >= 0.3 is 0 Å². The number of aromatic nitrogens is 4. The summed E-state index contributed by atoms with van der Waals surface area (Å²) in [5, 5.41) is 12.0. The lowest BCUT2D eigenvalue weighted by Gasteiger charge is -2.08. The van der Waals surface area contributed by atoms with Crippen molar-refractivity contribution < 1.29 is 13.6 Å². The van der Waals surface area contributed by atoms with Crippen LogP contribution in [-0.2, 0) is 17.8 Å². The zero-order valence-electron chi connectivity index (χ0n) is 14.1. The maximum atomic E-state index is 12.8. The maximum absolute atomic E-state index is 12.8. The van der Waals surface area contributed by atoms with Crippen LogP contribution >= 0.6 is 23.1 Å². The number of thioether (sulfide) groups is 1. The van der Waals surface area contributed by atoms with Gasteiger partial charge in [0.25, 0.3) is 5.76 Å². The van der Waals surface area contributed by atoms with Crippen molar-refractivity contribution in [1.82, 2.24) is 19.7 Å². The molecule has 6 nitrogen and oxygen atoms in total. The number of alkyl halides is 2. The topological polar surface area (TPSA) is 72.7 Å². The van der Waals surface area contributed by atoms with Crippen LogP contribution in [0.3, 0.4) is 0 Å². The molecule has 26 heavy (non-hydrogen) atoms. The van der Waals surface area contributed by atoms with Crippen molar-refractivity contribution in [2.24, 2.45) is 5.92 Å². The number of hydrogen-bond donors (Lipinski definition) is 1. The monoisotopic (exact) mass is 397 g/mol. The summed E-state index contributed by atoms with van der Waals surface area (Å²) in [7, 11) is 0. The zero-order valence-corrected chi connectivity index (χ0v) is 15.8. The molecule has 0 aliphatic heterocycles. The molecule has 1 amide bonds. The van der Waals surface area contributed by atoms with Crippen LogP contribution in [0.4, 0.5) is 13.9 Å². The fraction of sp³-hybridized carbons (Fsp3) is 0.375. The van der Waals surface area contributed by atoms with Gasteiger partial charge in [0.05, 0.1) is 11.0 Å². The van der Waals surface area contributed by atoms with E-state index in [4.69, 9.17) is 0 Å². The van der Waals surface area contributed by atoms with E-state index in [2.05, 4.69) is 34.3 Å². The minimum Gasteiger partial charge on any atom is -0.309 e. The van der Waals surface area contributed by atoms with E-state index < -0.39 is 5.76 Å². The molecule has 1 aromatic carbocycles. The van der Waals surface area contributed by atoms with Gasteiger partial charge in [-0.15, -0.1) is 10.2 Å². The lowest BCUT2D eigenvalue weighted by atomic mass is 10.1. The number of benzene rings is 1. The molecule has 0 aliphatic carbocycles. The van der Waals surface area contributed by atoms with Gasteiger partial charge in [0.1, 0.15) is 11.6 Å². The van der Waals surface area contributed by atoms with Crippen LogP contribution in [0, 0.1) is 5.92 Å². The fourth-order valence-electron chi connectivity index (χ4n) is 2.41. The quantitative estimate of drug-likeness (QED) is 0.609. The summed E-state index contributed by atoms with van der Waals surface area (Å²) in [5.41, 5.74) is 1.20. The van der Waals surface area contributed by atoms with Gasteiger partial charge in [-0.3, -0.25) is 10.1 Å². The highest BCUT2D eigenvalue weighted by atomic mass is 32.2. The lowest BCUT2D eigenvalue weighted by Crippen LogP contribution is -2.19. The highest BCUT2D eigenvalue weighted by Gasteiger charge is 2.18. The number of carbonyl (C=O) groups excluding carboxylic acids is 1. The second-order valence-electron chi connectivity index (χ2n) is 5.99. The lowest BCUT2D eigenvalue weighted by molar-refractivity contribution is -0.116. The highest BCUT2D eigenvalue weighted by molar-refractivity contribution is 7.99. The molecule has 3 rings (SSSR count). The fourth-order valence-corrected chi connectivity index (χ4v) is 3.98. The number of amides is 1. The Morgan fingerprint density at radius 2 is 2.08 bits per heavy atom. The van der Waals surface area contributed by atoms with Crippen molar-refractivity contribution >= 4 is 45.2 Å². The third-order valence-corrected chi connectivity index (χ3v) is 4.97. The normalized spacial score (nSPS) is 11.6. The molecule has 0 bridgehead atoms. The first-order valence-corrected chi connectivity index (χ1v) is 9.64. The summed E-state index contributed by atoms with van der Waals surface area (Å²) in [6.45, 7) is 4.02. The standard InChI is InChI=1S/C16H17F2N5OS2/c1-9(2)7-13-21-22-15(25-13)20-12(24)8-23-11-6-4-3-5-10(11)19-16(23)26-14(17)18/h3-6,9,14H,7-8H2,1-2H3,(H,20,22,24). The second-order valence-corrected chi connectivity index (χ2v) is 8.01. The van der Waals surface area contributed by atoms with Crippen LogP contribution in [0.1, 0.15) is 18.9 Å². The summed E-state index contributed by atoms with van der Waals surface area (Å²) < 4.78 is 27.1. The van der Waals surface area contributed by atoms with Crippen molar-refractivity contribution in [2.45, 2.75) is 37.7 Å². The van der Waals surface area contributed by atoms with Crippen molar-refractivity contribution in [2.75, 3.05) is 5.32 Å². The molecule has 0 unspecified atom stereocenters. The molecular formula is C16H17F2N5OS2. The number of rotatable bonds is 7. The molecule has 2 heterocycles. The number of halogens is 2. The molecule has 1 N–H and O–H groups in total. The molecular weight excluding hydrogens is 380 g/mol. The first-order chi connectivity index (χ1) is 12.4. The van der Waals surface area contributed by atoms with E-state index in [9.17, 15) is 13.6 Å². The molecule has 0 saturated heterocycles. The summed E-state index contributed by atoms with van der Waals surface area (Å²) in [6.07, 6.45) is 0.787. The Balaban J connectivity index is 1.77. The van der Waals surface area contributed by atoms with E-state index >= 15 is 0 Å². The van der Waals surface area contributed by atoms with Crippen LogP contribution < -0.4 is 5.32 Å². The van der Waals surface area contributed by atoms with Gasteiger partial charge in [-0.25, -0.2) is 4.98 Å². The number of anilines is 1. The van der Waals surface area contributed by atoms with Gasteiger partial charge in [0, 0.05) is 6.42 Å². The zero-order chi connectivity index (χ0) is 18.7. The van der Waals surface area contributed by atoms with E-state index in [0.717, 1.165) is 11.4 Å². The Labute approximate surface area is 157 Å². The number of nitrogens with zero attached hydrogens (tertiary/aromatic N) is 4. The summed E-state index contributed by atoms with van der Waals surface area (Å²) >= 11 is 1.64.